The van der Waals surface area contributed by atoms with Gasteiger partial charge in [0, 0.05) is 35.1 Å². The number of unbranched alkanes of at least 4 members (excludes halogenated alkanes) is 2. The lowest BCUT2D eigenvalue weighted by atomic mass is 10.1. The first-order valence-electron chi connectivity index (χ1n) is 10.7. The summed E-state index contributed by atoms with van der Waals surface area (Å²) in [6.45, 7) is 1.99. The standard InChI is InChI=1S/C23H25ClN4O3/c1-2-3-4-5-20-25-18(15-8-10-17(24)11-9-15)13-23(30)28(20)14-21(29)26-22-12-19(27-31-22)16-6-7-16/h8-13,16H,2-7,14H2,1H3,(H,26,29). The zero-order valence-corrected chi connectivity index (χ0v) is 18.2. The lowest BCUT2D eigenvalue weighted by Gasteiger charge is -2.13. The largest absolute Gasteiger partial charge is 0.338 e. The second-order valence-electron chi connectivity index (χ2n) is 7.88. The van der Waals surface area contributed by atoms with Gasteiger partial charge >= 0.3 is 0 Å². The number of amides is 1. The second kappa shape index (κ2) is 9.47. The summed E-state index contributed by atoms with van der Waals surface area (Å²) in [5.74, 6) is 0.987. The summed E-state index contributed by atoms with van der Waals surface area (Å²) >= 11 is 5.97. The normalized spacial score (nSPS) is 13.4. The van der Waals surface area contributed by atoms with Crippen molar-refractivity contribution in [2.45, 2.75) is 57.9 Å². The first-order valence-corrected chi connectivity index (χ1v) is 11.0. The Morgan fingerprint density at radius 3 is 2.71 bits per heavy atom. The van der Waals surface area contributed by atoms with Crippen LogP contribution in [0, 0.1) is 0 Å². The molecule has 1 fully saturated rings. The van der Waals surface area contributed by atoms with Crippen molar-refractivity contribution in [1.82, 2.24) is 14.7 Å². The number of aromatic nitrogens is 3. The van der Waals surface area contributed by atoms with Crippen LogP contribution in [-0.4, -0.2) is 20.6 Å². The fourth-order valence-corrected chi connectivity index (χ4v) is 3.58. The smallest absolute Gasteiger partial charge is 0.254 e. The molecular weight excluding hydrogens is 416 g/mol. The van der Waals surface area contributed by atoms with Gasteiger partial charge < -0.3 is 4.52 Å². The number of benzene rings is 1. The van der Waals surface area contributed by atoms with Gasteiger partial charge in [0.1, 0.15) is 12.4 Å². The number of aryl methyl sites for hydroxylation is 1. The van der Waals surface area contributed by atoms with Gasteiger partial charge in [-0.25, -0.2) is 4.98 Å². The minimum absolute atomic E-state index is 0.131. The molecule has 1 amide bonds. The van der Waals surface area contributed by atoms with Crippen LogP contribution < -0.4 is 10.9 Å². The fourth-order valence-electron chi connectivity index (χ4n) is 3.46. The second-order valence-corrected chi connectivity index (χ2v) is 8.32. The Bertz CT molecular complexity index is 1120. The number of nitrogens with one attached hydrogen (secondary N) is 1. The Morgan fingerprint density at radius 2 is 2.00 bits per heavy atom. The molecule has 31 heavy (non-hydrogen) atoms. The van der Waals surface area contributed by atoms with E-state index < -0.39 is 0 Å². The number of carbonyl (C=O) groups excluding carboxylic acids is 1. The summed E-state index contributed by atoms with van der Waals surface area (Å²) in [6.07, 6.45) is 5.78. The van der Waals surface area contributed by atoms with Crippen LogP contribution >= 0.6 is 11.6 Å². The molecule has 1 aliphatic carbocycles. The summed E-state index contributed by atoms with van der Waals surface area (Å²) in [5, 5.41) is 7.31. The molecule has 2 aromatic heterocycles. The van der Waals surface area contributed by atoms with Crippen LogP contribution in [-0.2, 0) is 17.8 Å². The molecule has 0 aliphatic heterocycles. The van der Waals surface area contributed by atoms with Crippen molar-refractivity contribution in [3.8, 4) is 11.3 Å². The van der Waals surface area contributed by atoms with E-state index in [0.717, 1.165) is 43.4 Å². The molecule has 1 aliphatic rings. The number of carbonyl (C=O) groups is 1. The molecule has 8 heteroatoms. The predicted octanol–water partition coefficient (Wildman–Crippen LogP) is 4.80. The molecule has 0 atom stereocenters. The van der Waals surface area contributed by atoms with Crippen LogP contribution in [0.25, 0.3) is 11.3 Å². The van der Waals surface area contributed by atoms with Crippen LogP contribution in [0.3, 0.4) is 0 Å². The number of hydrogen-bond acceptors (Lipinski definition) is 5. The monoisotopic (exact) mass is 440 g/mol. The third kappa shape index (κ3) is 5.41. The van der Waals surface area contributed by atoms with Crippen LogP contribution in [0.15, 0.2) is 45.7 Å². The highest BCUT2D eigenvalue weighted by Crippen LogP contribution is 2.40. The van der Waals surface area contributed by atoms with Gasteiger partial charge in [0.15, 0.2) is 0 Å². The SMILES string of the molecule is CCCCCc1nc(-c2ccc(Cl)cc2)cc(=O)n1CC(=O)Nc1cc(C2CC2)no1. The Balaban J connectivity index is 1.55. The van der Waals surface area contributed by atoms with E-state index in [-0.39, 0.29) is 18.0 Å². The number of anilines is 1. The first kappa shape index (κ1) is 21.3. The third-order valence-corrected chi connectivity index (χ3v) is 5.57. The molecule has 1 N–H and O–H groups in total. The quantitative estimate of drug-likeness (QED) is 0.482. The van der Waals surface area contributed by atoms with Gasteiger partial charge in [-0.1, -0.05) is 48.7 Å². The summed E-state index contributed by atoms with van der Waals surface area (Å²) in [7, 11) is 0. The van der Waals surface area contributed by atoms with Crippen molar-refractivity contribution in [3.63, 3.8) is 0 Å². The van der Waals surface area contributed by atoms with Crippen molar-refractivity contribution in [3.05, 3.63) is 63.3 Å². The van der Waals surface area contributed by atoms with Crippen molar-refractivity contribution in [2.75, 3.05) is 5.32 Å². The minimum atomic E-state index is -0.349. The summed E-state index contributed by atoms with van der Waals surface area (Å²) in [5.41, 5.74) is 1.98. The molecule has 1 saturated carbocycles. The van der Waals surface area contributed by atoms with Crippen molar-refractivity contribution in [1.29, 1.82) is 0 Å². The molecule has 0 unspecified atom stereocenters. The van der Waals surface area contributed by atoms with Gasteiger partial charge in [0.05, 0.1) is 11.4 Å². The topological polar surface area (TPSA) is 90.0 Å². The Kier molecular flexibility index (Phi) is 6.51. The molecule has 162 valence electrons. The predicted molar refractivity (Wildman–Crippen MR) is 119 cm³/mol. The van der Waals surface area contributed by atoms with Crippen molar-refractivity contribution >= 4 is 23.4 Å². The molecule has 0 radical (unpaired) electrons. The Labute approximate surface area is 185 Å². The zero-order chi connectivity index (χ0) is 21.8. The average molecular weight is 441 g/mol. The lowest BCUT2D eigenvalue weighted by Crippen LogP contribution is -2.31. The number of halogens is 1. The van der Waals surface area contributed by atoms with Gasteiger partial charge in [-0.15, -0.1) is 0 Å². The van der Waals surface area contributed by atoms with Gasteiger partial charge in [-0.3, -0.25) is 19.5 Å². The fraction of sp³-hybridized carbons (Fsp3) is 0.391. The Morgan fingerprint density at radius 1 is 1.23 bits per heavy atom. The van der Waals surface area contributed by atoms with E-state index in [4.69, 9.17) is 21.1 Å². The van der Waals surface area contributed by atoms with E-state index in [1.807, 2.05) is 12.1 Å². The van der Waals surface area contributed by atoms with E-state index in [1.54, 1.807) is 18.2 Å². The highest BCUT2D eigenvalue weighted by Gasteiger charge is 2.27. The molecule has 0 spiro atoms. The summed E-state index contributed by atoms with van der Waals surface area (Å²) in [4.78, 5) is 30.2. The summed E-state index contributed by atoms with van der Waals surface area (Å²) < 4.78 is 6.64. The number of nitrogens with zero attached hydrogens (tertiary/aromatic N) is 3. The highest BCUT2D eigenvalue weighted by atomic mass is 35.5. The number of hydrogen-bond donors (Lipinski definition) is 1. The van der Waals surface area contributed by atoms with Crippen molar-refractivity contribution in [2.24, 2.45) is 0 Å². The van der Waals surface area contributed by atoms with E-state index in [2.05, 4.69) is 17.4 Å². The van der Waals surface area contributed by atoms with Gasteiger partial charge in [0.2, 0.25) is 11.8 Å². The van der Waals surface area contributed by atoms with E-state index in [0.29, 0.717) is 34.8 Å². The van der Waals surface area contributed by atoms with Crippen LogP contribution in [0.4, 0.5) is 5.88 Å². The van der Waals surface area contributed by atoms with E-state index in [1.165, 1.54) is 10.6 Å². The van der Waals surface area contributed by atoms with Gasteiger partial charge in [-0.05, 0) is 31.4 Å². The number of rotatable bonds is 9. The van der Waals surface area contributed by atoms with Gasteiger partial charge in [0.25, 0.3) is 5.56 Å². The van der Waals surface area contributed by atoms with Crippen molar-refractivity contribution < 1.29 is 9.32 Å². The van der Waals surface area contributed by atoms with E-state index >= 15 is 0 Å². The Hall–Kier alpha value is -2.93. The third-order valence-electron chi connectivity index (χ3n) is 5.32. The molecule has 2 heterocycles. The first-order chi connectivity index (χ1) is 15.0. The minimum Gasteiger partial charge on any atom is -0.338 e. The molecule has 4 rings (SSSR count). The zero-order valence-electron chi connectivity index (χ0n) is 17.4. The summed E-state index contributed by atoms with van der Waals surface area (Å²) in [6, 6.07) is 10.4. The van der Waals surface area contributed by atoms with E-state index in [9.17, 15) is 9.59 Å². The highest BCUT2D eigenvalue weighted by molar-refractivity contribution is 6.30. The molecule has 7 nitrogen and oxygen atoms in total. The van der Waals surface area contributed by atoms with Crippen LogP contribution in [0.5, 0.6) is 0 Å². The van der Waals surface area contributed by atoms with Crippen LogP contribution in [0.2, 0.25) is 5.02 Å². The molecule has 3 aromatic rings. The molecular formula is C23H25ClN4O3. The lowest BCUT2D eigenvalue weighted by molar-refractivity contribution is -0.117. The maximum Gasteiger partial charge on any atom is 0.254 e. The van der Waals surface area contributed by atoms with Gasteiger partial charge in [-0.2, -0.15) is 0 Å². The molecule has 1 aromatic carbocycles. The van der Waals surface area contributed by atoms with Crippen LogP contribution in [0.1, 0.15) is 56.5 Å². The maximum absolute atomic E-state index is 12.9. The molecule has 0 saturated heterocycles. The molecule has 0 bridgehead atoms. The average Bonchev–Trinajstić information content (AvgIpc) is 3.50. The maximum atomic E-state index is 12.9.